The molecule has 2 aliphatic carbocycles. The highest BCUT2D eigenvalue weighted by atomic mass is 15.3. The molecular weight excluding hydrogens is 945 g/mol. The molecule has 2 spiro atoms. The number of aryl methyl sites for hydroxylation is 4. The largest absolute Gasteiger partial charge is 0.363 e. The molecule has 12 rings (SSSR count). The molecule has 4 aliphatic heterocycles. The molecule has 4 nitrogen and oxygen atoms in total. The van der Waals surface area contributed by atoms with Gasteiger partial charge in [0.25, 0.3) is 0 Å². The summed E-state index contributed by atoms with van der Waals surface area (Å²) in [4.78, 5) is 10.4. The predicted octanol–water partition coefficient (Wildman–Crippen LogP) is 20.3. The molecule has 2 saturated carbocycles. The van der Waals surface area contributed by atoms with E-state index in [2.05, 4.69) is 276 Å². The van der Waals surface area contributed by atoms with Crippen molar-refractivity contribution in [1.29, 1.82) is 0 Å². The number of para-hydroxylation sites is 6. The van der Waals surface area contributed by atoms with Crippen LogP contribution in [0.4, 0.5) is 34.1 Å². The Bertz CT molecular complexity index is 3000. The van der Waals surface area contributed by atoms with Crippen molar-refractivity contribution in [2.24, 2.45) is 10.8 Å². The van der Waals surface area contributed by atoms with Crippen molar-refractivity contribution in [3.05, 3.63) is 179 Å². The number of rotatable bonds is 4. The summed E-state index contributed by atoms with van der Waals surface area (Å²) in [6.07, 6.45) is 16.6. The molecule has 6 aliphatic rings. The molecule has 6 aromatic rings. The summed E-state index contributed by atoms with van der Waals surface area (Å²) >= 11 is 0. The van der Waals surface area contributed by atoms with E-state index in [1.807, 2.05) is 0 Å². The van der Waals surface area contributed by atoms with E-state index >= 15 is 0 Å². The lowest BCUT2D eigenvalue weighted by Crippen LogP contribution is -2.44. The Hall–Kier alpha value is -5.48. The molecule has 6 aromatic carbocycles. The molecule has 4 atom stereocenters. The van der Waals surface area contributed by atoms with Crippen LogP contribution in [0.25, 0.3) is 0 Å². The van der Waals surface area contributed by atoms with Crippen LogP contribution in [0.5, 0.6) is 0 Å². The molecule has 416 valence electrons. The van der Waals surface area contributed by atoms with Crippen molar-refractivity contribution in [2.75, 3.05) is 19.6 Å². The zero-order valence-electron chi connectivity index (χ0n) is 51.4. The number of fused-ring (bicyclic) bond motifs is 3. The lowest BCUT2D eigenvalue weighted by Gasteiger charge is -2.41. The van der Waals surface area contributed by atoms with Gasteiger partial charge in [0.05, 0.1) is 0 Å². The fourth-order valence-corrected chi connectivity index (χ4v) is 16.7. The standard InChI is InChI=1S/C21H25N.C19H29N.C18H21N.C16H25N/c1-16-10-4-6-12-19(16)22-17(2)21(14-8-3-9-15-21)18-11-5-7-13-20(18)22;1-15-10-6-7-11-17(15)20-16(2)19(14-18(20,3)4)12-8-5-9-13-19;1-13-9-5-7-11-16(13)19-14(2)18(3,4)15-10-6-8-12-17(15)19;1-12-9-7-8-10-14(12)17-13(2)15(3,4)11-16(17,5)6/h4-7,10-13,17H,3,8-9,14-15H2,1-2H3;6-7,10-11,16H,5,8-9,12-14H2,1-4H3;5-12,14H,1-4H3;7-10,13H,11H2,1-6H3. The Morgan fingerprint density at radius 1 is 0.333 bits per heavy atom. The minimum Gasteiger partial charge on any atom is -0.363 e. The first kappa shape index (κ1) is 57.2. The van der Waals surface area contributed by atoms with Crippen molar-refractivity contribution >= 4 is 34.1 Å². The van der Waals surface area contributed by atoms with E-state index in [-0.39, 0.29) is 16.5 Å². The van der Waals surface area contributed by atoms with Crippen molar-refractivity contribution in [1.82, 2.24) is 0 Å². The first-order valence-corrected chi connectivity index (χ1v) is 30.6. The van der Waals surface area contributed by atoms with Gasteiger partial charge in [-0.1, -0.05) is 175 Å². The minimum absolute atomic E-state index is 0.179. The fraction of sp³-hybridized carbons (Fsp3) is 0.514. The van der Waals surface area contributed by atoms with Crippen LogP contribution in [0, 0.1) is 38.5 Å². The minimum atomic E-state index is 0.179. The first-order chi connectivity index (χ1) is 37.0. The molecule has 0 bridgehead atoms. The van der Waals surface area contributed by atoms with Gasteiger partial charge in [-0.2, -0.15) is 0 Å². The third-order valence-electron chi connectivity index (χ3n) is 21.0. The fourth-order valence-electron chi connectivity index (χ4n) is 16.7. The van der Waals surface area contributed by atoms with Crippen LogP contribution in [-0.2, 0) is 10.8 Å². The van der Waals surface area contributed by atoms with Gasteiger partial charge in [-0.25, -0.2) is 0 Å². The SMILES string of the molecule is Cc1ccccc1N1C(C)C(C)(C)CC1(C)C.Cc1ccccc1N1C(C)C2(CCCCC2)CC1(C)C.Cc1ccccc1N1c2ccccc2C(C)(C)C1C.Cc1ccccc1N1c2ccccc2C2(CCCCC2)C1C. The van der Waals surface area contributed by atoms with Gasteiger partial charge >= 0.3 is 0 Å². The second-order valence-corrected chi connectivity index (χ2v) is 27.7. The average molecular weight is 1050 g/mol. The average Bonchev–Trinajstić information content (AvgIpc) is 4.15. The van der Waals surface area contributed by atoms with E-state index in [1.165, 1.54) is 139 Å². The van der Waals surface area contributed by atoms with Gasteiger partial charge in [0, 0.05) is 80.2 Å². The maximum atomic E-state index is 2.73. The highest BCUT2D eigenvalue weighted by Gasteiger charge is 2.54. The lowest BCUT2D eigenvalue weighted by atomic mass is 9.67. The Balaban J connectivity index is 0.000000127. The predicted molar refractivity (Wildman–Crippen MR) is 339 cm³/mol. The summed E-state index contributed by atoms with van der Waals surface area (Å²) in [7, 11) is 0. The second kappa shape index (κ2) is 22.2. The highest BCUT2D eigenvalue weighted by molar-refractivity contribution is 5.77. The molecule has 2 saturated heterocycles. The van der Waals surface area contributed by atoms with Crippen molar-refractivity contribution in [2.45, 2.75) is 234 Å². The van der Waals surface area contributed by atoms with E-state index in [9.17, 15) is 0 Å². The van der Waals surface area contributed by atoms with Crippen LogP contribution in [0.15, 0.2) is 146 Å². The summed E-state index contributed by atoms with van der Waals surface area (Å²) in [6.45, 7) is 37.6. The molecule has 4 heterocycles. The van der Waals surface area contributed by atoms with E-state index in [0.29, 0.717) is 40.4 Å². The number of hydrogen-bond donors (Lipinski definition) is 0. The quantitative estimate of drug-likeness (QED) is 0.174. The summed E-state index contributed by atoms with van der Waals surface area (Å²) < 4.78 is 0. The van der Waals surface area contributed by atoms with Crippen molar-refractivity contribution in [3.8, 4) is 0 Å². The summed E-state index contributed by atoms with van der Waals surface area (Å²) in [5, 5.41) is 0. The zero-order chi connectivity index (χ0) is 56.0. The molecule has 4 unspecified atom stereocenters. The van der Waals surface area contributed by atoms with Gasteiger partial charge in [-0.3, -0.25) is 0 Å². The smallest absolute Gasteiger partial charge is 0.0452 e. The van der Waals surface area contributed by atoms with E-state index in [4.69, 9.17) is 0 Å². The molecule has 0 N–H and O–H groups in total. The maximum absolute atomic E-state index is 2.73. The van der Waals surface area contributed by atoms with Gasteiger partial charge in [0.2, 0.25) is 0 Å². The number of benzene rings is 6. The van der Waals surface area contributed by atoms with Crippen LogP contribution in [0.3, 0.4) is 0 Å². The van der Waals surface area contributed by atoms with Crippen LogP contribution in [-0.4, -0.2) is 35.2 Å². The third-order valence-corrected chi connectivity index (χ3v) is 21.0. The van der Waals surface area contributed by atoms with Crippen LogP contribution >= 0.6 is 0 Å². The van der Waals surface area contributed by atoms with Crippen molar-refractivity contribution < 1.29 is 0 Å². The summed E-state index contributed by atoms with van der Waals surface area (Å²) in [5.74, 6) is 0. The Morgan fingerprint density at radius 2 is 0.679 bits per heavy atom. The van der Waals surface area contributed by atoms with Gasteiger partial charge in [0.15, 0.2) is 0 Å². The zero-order valence-corrected chi connectivity index (χ0v) is 51.4. The molecule has 4 heteroatoms. The second-order valence-electron chi connectivity index (χ2n) is 27.7. The maximum Gasteiger partial charge on any atom is 0.0452 e. The molecule has 78 heavy (non-hydrogen) atoms. The summed E-state index contributed by atoms with van der Waals surface area (Å²) in [6, 6.07) is 55.3. The molecule has 4 fully saturated rings. The summed E-state index contributed by atoms with van der Waals surface area (Å²) in [5.41, 5.74) is 18.9. The Labute approximate surface area is 475 Å². The van der Waals surface area contributed by atoms with E-state index in [1.54, 1.807) is 5.56 Å². The highest BCUT2D eigenvalue weighted by Crippen LogP contribution is 2.58. The lowest BCUT2D eigenvalue weighted by molar-refractivity contribution is 0.170. The molecule has 0 aromatic heterocycles. The van der Waals surface area contributed by atoms with Gasteiger partial charge in [-0.05, 0) is 202 Å². The number of anilines is 6. The Morgan fingerprint density at radius 3 is 1.12 bits per heavy atom. The molecule has 0 radical (unpaired) electrons. The third kappa shape index (κ3) is 10.5. The molecule has 0 amide bonds. The van der Waals surface area contributed by atoms with Crippen LogP contribution in [0.2, 0.25) is 0 Å². The number of nitrogens with zero attached hydrogens (tertiary/aromatic N) is 4. The topological polar surface area (TPSA) is 13.0 Å². The monoisotopic (exact) mass is 1040 g/mol. The molecular formula is C74H100N4. The number of hydrogen-bond acceptors (Lipinski definition) is 4. The van der Waals surface area contributed by atoms with Crippen LogP contribution < -0.4 is 19.6 Å². The van der Waals surface area contributed by atoms with Crippen molar-refractivity contribution in [3.63, 3.8) is 0 Å². The van der Waals surface area contributed by atoms with Gasteiger partial charge < -0.3 is 19.6 Å². The Kier molecular flexibility index (Phi) is 16.3. The van der Waals surface area contributed by atoms with Gasteiger partial charge in [0.1, 0.15) is 0 Å². The van der Waals surface area contributed by atoms with E-state index < -0.39 is 0 Å². The van der Waals surface area contributed by atoms with Crippen LogP contribution in [0.1, 0.15) is 194 Å². The van der Waals surface area contributed by atoms with E-state index in [0.717, 1.165) is 0 Å². The first-order valence-electron chi connectivity index (χ1n) is 30.6. The van der Waals surface area contributed by atoms with Gasteiger partial charge in [-0.15, -0.1) is 0 Å². The normalized spacial score (nSPS) is 24.3.